The molecule has 3 N–H and O–H groups in total. The highest BCUT2D eigenvalue weighted by Gasteiger charge is 2.50. The molecule has 0 aromatic carbocycles. The standard InChI is InChI=1S/C16H25NO5S/c1-14(2,3)21-12(19)16(7,13(20)22-15(4,5)6)10-8-9(18)11(17)23-10/h8,18H,17H2,1-7H3. The van der Waals surface area contributed by atoms with Crippen LogP contribution >= 0.6 is 11.3 Å². The summed E-state index contributed by atoms with van der Waals surface area (Å²) in [4.78, 5) is 25.7. The largest absolute Gasteiger partial charge is 0.505 e. The van der Waals surface area contributed by atoms with Crippen molar-refractivity contribution in [3.63, 3.8) is 0 Å². The molecule has 0 saturated heterocycles. The van der Waals surface area contributed by atoms with Gasteiger partial charge in [0.05, 0.1) is 0 Å². The molecule has 0 fully saturated rings. The molecule has 0 atom stereocenters. The number of aromatic hydroxyl groups is 1. The third-order valence-corrected chi connectivity index (χ3v) is 4.02. The van der Waals surface area contributed by atoms with Crippen molar-refractivity contribution in [3.05, 3.63) is 10.9 Å². The number of hydrogen-bond donors (Lipinski definition) is 2. The van der Waals surface area contributed by atoms with E-state index in [1.165, 1.54) is 13.0 Å². The van der Waals surface area contributed by atoms with Gasteiger partial charge in [-0.3, -0.25) is 9.59 Å². The van der Waals surface area contributed by atoms with Crippen LogP contribution in [0.25, 0.3) is 0 Å². The van der Waals surface area contributed by atoms with E-state index < -0.39 is 28.6 Å². The topological polar surface area (TPSA) is 98.9 Å². The molecule has 0 amide bonds. The number of carbonyl (C=O) groups is 2. The van der Waals surface area contributed by atoms with Crippen molar-refractivity contribution >= 4 is 28.3 Å². The summed E-state index contributed by atoms with van der Waals surface area (Å²) >= 11 is 0.956. The molecule has 1 aromatic rings. The van der Waals surface area contributed by atoms with Crippen LogP contribution in [0.3, 0.4) is 0 Å². The van der Waals surface area contributed by atoms with Gasteiger partial charge in [-0.25, -0.2) is 0 Å². The van der Waals surface area contributed by atoms with E-state index in [0.29, 0.717) is 0 Å². The molecule has 0 radical (unpaired) electrons. The molecule has 6 nitrogen and oxygen atoms in total. The molecule has 130 valence electrons. The Bertz CT molecular complexity index is 559. The van der Waals surface area contributed by atoms with Gasteiger partial charge in [0.2, 0.25) is 0 Å². The minimum atomic E-state index is -1.71. The van der Waals surface area contributed by atoms with Crippen LogP contribution in [0.4, 0.5) is 5.00 Å². The highest BCUT2D eigenvalue weighted by Crippen LogP contribution is 2.41. The Morgan fingerprint density at radius 3 is 1.65 bits per heavy atom. The number of esters is 2. The summed E-state index contributed by atoms with van der Waals surface area (Å²) in [6.07, 6.45) is 0. The Labute approximate surface area is 140 Å². The number of ether oxygens (including phenoxy) is 2. The van der Waals surface area contributed by atoms with E-state index in [2.05, 4.69) is 0 Å². The maximum atomic E-state index is 12.7. The number of nitrogen functional groups attached to an aromatic ring is 1. The number of rotatable bonds is 3. The van der Waals surface area contributed by atoms with Crippen LogP contribution in [0.1, 0.15) is 53.3 Å². The highest BCUT2D eigenvalue weighted by molar-refractivity contribution is 7.16. The summed E-state index contributed by atoms with van der Waals surface area (Å²) in [5.41, 5.74) is 2.40. The van der Waals surface area contributed by atoms with Gasteiger partial charge in [0.25, 0.3) is 0 Å². The van der Waals surface area contributed by atoms with Crippen molar-refractivity contribution in [2.45, 2.75) is 65.1 Å². The predicted octanol–water partition coefficient (Wildman–Crippen LogP) is 2.98. The van der Waals surface area contributed by atoms with Crippen molar-refractivity contribution in [2.24, 2.45) is 0 Å². The van der Waals surface area contributed by atoms with E-state index >= 15 is 0 Å². The molecule has 0 saturated carbocycles. The van der Waals surface area contributed by atoms with Crippen molar-refractivity contribution in [1.82, 2.24) is 0 Å². The first kappa shape index (κ1) is 19.3. The minimum Gasteiger partial charge on any atom is -0.505 e. The number of hydrogen-bond acceptors (Lipinski definition) is 7. The summed E-state index contributed by atoms with van der Waals surface area (Å²) < 4.78 is 10.8. The Balaban J connectivity index is 3.35. The highest BCUT2D eigenvalue weighted by atomic mass is 32.1. The van der Waals surface area contributed by atoms with E-state index in [9.17, 15) is 14.7 Å². The summed E-state index contributed by atoms with van der Waals surface area (Å²) in [6.45, 7) is 11.7. The molecule has 1 heterocycles. The second-order valence-corrected chi connectivity index (χ2v) is 8.57. The zero-order chi connectivity index (χ0) is 18.2. The Morgan fingerprint density at radius 1 is 1.00 bits per heavy atom. The van der Waals surface area contributed by atoms with E-state index in [4.69, 9.17) is 15.2 Å². The molecule has 0 aliphatic heterocycles. The lowest BCUT2D eigenvalue weighted by Crippen LogP contribution is -2.47. The van der Waals surface area contributed by atoms with Crippen LogP contribution in [-0.4, -0.2) is 28.2 Å². The van der Waals surface area contributed by atoms with Crippen molar-refractivity contribution in [3.8, 4) is 5.75 Å². The molecule has 0 aliphatic carbocycles. The number of thiophene rings is 1. The van der Waals surface area contributed by atoms with Crippen molar-refractivity contribution in [2.75, 3.05) is 5.73 Å². The van der Waals surface area contributed by atoms with Crippen molar-refractivity contribution < 1.29 is 24.2 Å². The first-order chi connectivity index (χ1) is 10.2. The van der Waals surface area contributed by atoms with Gasteiger partial charge in [-0.15, -0.1) is 11.3 Å². The van der Waals surface area contributed by atoms with Gasteiger partial charge in [0.15, 0.2) is 5.41 Å². The molecule has 0 bridgehead atoms. The average molecular weight is 343 g/mol. The smallest absolute Gasteiger partial charge is 0.329 e. The second-order valence-electron chi connectivity index (χ2n) is 7.49. The second kappa shape index (κ2) is 6.03. The normalized spacial score (nSPS) is 12.8. The van der Waals surface area contributed by atoms with Crippen LogP contribution < -0.4 is 5.73 Å². The van der Waals surface area contributed by atoms with E-state index in [-0.39, 0.29) is 15.6 Å². The molecule has 7 heteroatoms. The molecular weight excluding hydrogens is 318 g/mol. The quantitative estimate of drug-likeness (QED) is 0.646. The van der Waals surface area contributed by atoms with Gasteiger partial charge >= 0.3 is 11.9 Å². The Hall–Kier alpha value is -1.76. The number of nitrogens with two attached hydrogens (primary N) is 1. The van der Waals surface area contributed by atoms with Crippen molar-refractivity contribution in [1.29, 1.82) is 0 Å². The van der Waals surface area contributed by atoms with Gasteiger partial charge in [-0.1, -0.05) is 0 Å². The third-order valence-electron chi connectivity index (χ3n) is 2.85. The monoisotopic (exact) mass is 343 g/mol. The predicted molar refractivity (Wildman–Crippen MR) is 89.4 cm³/mol. The van der Waals surface area contributed by atoms with Gasteiger partial charge in [0, 0.05) is 4.88 Å². The fourth-order valence-corrected chi connectivity index (χ4v) is 2.63. The van der Waals surface area contributed by atoms with Crippen LogP contribution in [0.15, 0.2) is 6.07 Å². The molecule has 0 unspecified atom stereocenters. The maximum Gasteiger partial charge on any atom is 0.329 e. The van der Waals surface area contributed by atoms with Gasteiger partial charge in [-0.05, 0) is 54.5 Å². The van der Waals surface area contributed by atoms with Gasteiger partial charge in [0.1, 0.15) is 22.0 Å². The zero-order valence-electron chi connectivity index (χ0n) is 14.6. The lowest BCUT2D eigenvalue weighted by atomic mass is 9.88. The molecule has 0 aliphatic rings. The lowest BCUT2D eigenvalue weighted by molar-refractivity contribution is -0.176. The zero-order valence-corrected chi connectivity index (χ0v) is 15.5. The SMILES string of the molecule is CC(C)(C)OC(=O)C(C)(C(=O)OC(C)(C)C)c1cc(O)c(N)s1. The first-order valence-electron chi connectivity index (χ1n) is 7.22. The molecular formula is C16H25NO5S. The van der Waals surface area contributed by atoms with Gasteiger partial charge in [-0.2, -0.15) is 0 Å². The molecule has 1 rings (SSSR count). The molecule has 0 spiro atoms. The third kappa shape index (κ3) is 4.60. The van der Waals surface area contributed by atoms with Crippen LogP contribution in [0.5, 0.6) is 5.75 Å². The summed E-state index contributed by atoms with van der Waals surface area (Å²) in [5, 5.41) is 9.84. The van der Waals surface area contributed by atoms with E-state index in [1.54, 1.807) is 41.5 Å². The lowest BCUT2D eigenvalue weighted by Gasteiger charge is -2.31. The number of anilines is 1. The van der Waals surface area contributed by atoms with Crippen LogP contribution in [-0.2, 0) is 24.5 Å². The fourth-order valence-electron chi connectivity index (χ4n) is 1.69. The minimum absolute atomic E-state index is 0.123. The first-order valence-corrected chi connectivity index (χ1v) is 8.04. The summed E-state index contributed by atoms with van der Waals surface area (Å²) in [7, 11) is 0. The maximum absolute atomic E-state index is 12.7. The number of carbonyl (C=O) groups excluding carboxylic acids is 2. The van der Waals surface area contributed by atoms with E-state index in [0.717, 1.165) is 11.3 Å². The van der Waals surface area contributed by atoms with Crippen LogP contribution in [0.2, 0.25) is 0 Å². The van der Waals surface area contributed by atoms with Crippen LogP contribution in [0, 0.1) is 0 Å². The summed E-state index contributed by atoms with van der Waals surface area (Å²) in [5.74, 6) is -1.68. The van der Waals surface area contributed by atoms with E-state index in [1.807, 2.05) is 0 Å². The fraction of sp³-hybridized carbons (Fsp3) is 0.625. The molecule has 1 aromatic heterocycles. The Kier molecular flexibility index (Phi) is 5.06. The van der Waals surface area contributed by atoms with Gasteiger partial charge < -0.3 is 20.3 Å². The summed E-state index contributed by atoms with van der Waals surface area (Å²) in [6, 6.07) is 1.30. The Morgan fingerprint density at radius 2 is 1.39 bits per heavy atom. The average Bonchev–Trinajstić information content (AvgIpc) is 2.64. The molecule has 23 heavy (non-hydrogen) atoms.